The lowest BCUT2D eigenvalue weighted by atomic mass is 10.0. The van der Waals surface area contributed by atoms with Crippen molar-refractivity contribution in [3.05, 3.63) is 35.9 Å². The summed E-state index contributed by atoms with van der Waals surface area (Å²) in [7, 11) is 0. The molecule has 0 spiro atoms. The van der Waals surface area contributed by atoms with Crippen LogP contribution in [0, 0.1) is 5.92 Å². The molecule has 0 aromatic heterocycles. The largest absolute Gasteiger partial charge is 0.444 e. The van der Waals surface area contributed by atoms with Gasteiger partial charge in [0.25, 0.3) is 0 Å². The van der Waals surface area contributed by atoms with Gasteiger partial charge in [0.05, 0.1) is 6.04 Å². The summed E-state index contributed by atoms with van der Waals surface area (Å²) in [5.74, 6) is -0.550. The Morgan fingerprint density at radius 3 is 2.50 bits per heavy atom. The van der Waals surface area contributed by atoms with Crippen molar-refractivity contribution in [3.63, 3.8) is 0 Å². The van der Waals surface area contributed by atoms with Crippen LogP contribution in [0.4, 0.5) is 4.79 Å². The minimum Gasteiger partial charge on any atom is -0.444 e. The maximum atomic E-state index is 12.8. The summed E-state index contributed by atoms with van der Waals surface area (Å²) < 4.78 is 5.32. The Morgan fingerprint density at radius 1 is 1.29 bits per heavy atom. The van der Waals surface area contributed by atoms with Gasteiger partial charge in [-0.15, -0.1) is 0 Å². The SMILES string of the molecule is CC(C)(C)N(C(=O)OCc1ccccc1)C(=O)[C@@H]1CC(C=O)CN1. The highest BCUT2D eigenvalue weighted by Gasteiger charge is 2.40. The number of carbonyl (C=O) groups is 3. The normalized spacial score (nSPS) is 20.5. The van der Waals surface area contributed by atoms with Crippen LogP contribution < -0.4 is 5.32 Å². The molecule has 1 aliphatic rings. The molecule has 1 aromatic rings. The van der Waals surface area contributed by atoms with Gasteiger partial charge in [0.1, 0.15) is 12.9 Å². The Balaban J connectivity index is 2.06. The van der Waals surface area contributed by atoms with Gasteiger partial charge in [0.2, 0.25) is 5.91 Å². The average Bonchev–Trinajstić information content (AvgIpc) is 3.02. The molecule has 1 aromatic carbocycles. The van der Waals surface area contributed by atoms with Gasteiger partial charge in [-0.05, 0) is 32.8 Å². The van der Waals surface area contributed by atoms with Gasteiger partial charge in [0.15, 0.2) is 0 Å². The predicted octanol–water partition coefficient (Wildman–Crippen LogP) is 2.13. The van der Waals surface area contributed by atoms with Gasteiger partial charge < -0.3 is 14.8 Å². The zero-order valence-corrected chi connectivity index (χ0v) is 14.3. The van der Waals surface area contributed by atoms with Crippen molar-refractivity contribution >= 4 is 18.3 Å². The van der Waals surface area contributed by atoms with Crippen molar-refractivity contribution in [2.24, 2.45) is 5.92 Å². The van der Waals surface area contributed by atoms with E-state index in [9.17, 15) is 14.4 Å². The molecule has 0 radical (unpaired) electrons. The van der Waals surface area contributed by atoms with Gasteiger partial charge >= 0.3 is 6.09 Å². The van der Waals surface area contributed by atoms with Crippen LogP contribution in [-0.4, -0.2) is 41.3 Å². The highest BCUT2D eigenvalue weighted by atomic mass is 16.6. The van der Waals surface area contributed by atoms with Gasteiger partial charge in [0, 0.05) is 18.0 Å². The molecule has 1 unspecified atom stereocenters. The lowest BCUT2D eigenvalue weighted by Crippen LogP contribution is -2.55. The van der Waals surface area contributed by atoms with Crippen LogP contribution in [0.1, 0.15) is 32.8 Å². The maximum Gasteiger partial charge on any atom is 0.417 e. The molecule has 1 heterocycles. The number of aldehydes is 1. The number of amides is 2. The number of nitrogens with one attached hydrogen (secondary N) is 1. The molecule has 2 amide bonds. The molecule has 6 nitrogen and oxygen atoms in total. The first-order chi connectivity index (χ1) is 11.3. The van der Waals surface area contributed by atoms with Gasteiger partial charge in [-0.2, -0.15) is 0 Å². The molecule has 0 bridgehead atoms. The van der Waals surface area contributed by atoms with Gasteiger partial charge in [-0.25, -0.2) is 9.69 Å². The third-order valence-electron chi connectivity index (χ3n) is 3.93. The zero-order valence-electron chi connectivity index (χ0n) is 14.3. The molecule has 0 aliphatic carbocycles. The fourth-order valence-electron chi connectivity index (χ4n) is 2.69. The first kappa shape index (κ1) is 18.1. The Labute approximate surface area is 142 Å². The molecule has 130 valence electrons. The smallest absolute Gasteiger partial charge is 0.417 e. The lowest BCUT2D eigenvalue weighted by molar-refractivity contribution is -0.135. The van der Waals surface area contributed by atoms with Gasteiger partial charge in [-0.3, -0.25) is 4.79 Å². The Bertz CT molecular complexity index is 595. The van der Waals surface area contributed by atoms with E-state index in [0.717, 1.165) is 16.7 Å². The number of hydrogen-bond acceptors (Lipinski definition) is 5. The molecular formula is C18H24N2O4. The number of carbonyl (C=O) groups excluding carboxylic acids is 3. The second-order valence-electron chi connectivity index (χ2n) is 6.98. The second-order valence-corrected chi connectivity index (χ2v) is 6.98. The van der Waals surface area contributed by atoms with Crippen molar-refractivity contribution in [2.75, 3.05) is 6.54 Å². The van der Waals surface area contributed by atoms with Crippen molar-refractivity contribution in [1.29, 1.82) is 0 Å². The van der Waals surface area contributed by atoms with E-state index < -0.39 is 17.7 Å². The topological polar surface area (TPSA) is 75.7 Å². The molecule has 2 rings (SSSR count). The summed E-state index contributed by atoms with van der Waals surface area (Å²) >= 11 is 0. The fraction of sp³-hybridized carbons (Fsp3) is 0.500. The molecule has 1 aliphatic heterocycles. The highest BCUT2D eigenvalue weighted by Crippen LogP contribution is 2.21. The monoisotopic (exact) mass is 332 g/mol. The number of hydrogen-bond donors (Lipinski definition) is 1. The number of rotatable bonds is 4. The summed E-state index contributed by atoms with van der Waals surface area (Å²) in [4.78, 5) is 37.3. The van der Waals surface area contributed by atoms with Crippen LogP contribution in [0.3, 0.4) is 0 Å². The van der Waals surface area contributed by atoms with E-state index in [1.807, 2.05) is 30.3 Å². The second kappa shape index (κ2) is 7.57. The number of imide groups is 1. The number of benzene rings is 1. The van der Waals surface area contributed by atoms with E-state index in [4.69, 9.17) is 4.74 Å². The van der Waals surface area contributed by atoms with Crippen molar-refractivity contribution in [1.82, 2.24) is 10.2 Å². The van der Waals surface area contributed by atoms with Crippen LogP contribution >= 0.6 is 0 Å². The van der Waals surface area contributed by atoms with Gasteiger partial charge in [-0.1, -0.05) is 30.3 Å². The lowest BCUT2D eigenvalue weighted by Gasteiger charge is -2.34. The first-order valence-corrected chi connectivity index (χ1v) is 8.06. The van der Waals surface area contributed by atoms with E-state index in [-0.39, 0.29) is 18.4 Å². The molecule has 1 fully saturated rings. The van der Waals surface area contributed by atoms with Crippen molar-refractivity contribution in [3.8, 4) is 0 Å². The molecule has 6 heteroatoms. The van der Waals surface area contributed by atoms with E-state index in [0.29, 0.717) is 13.0 Å². The summed E-state index contributed by atoms with van der Waals surface area (Å²) in [6.07, 6.45) is 0.573. The minimum atomic E-state index is -0.716. The molecular weight excluding hydrogens is 308 g/mol. The van der Waals surface area contributed by atoms with Crippen LogP contribution in [0.25, 0.3) is 0 Å². The number of ether oxygens (including phenoxy) is 1. The molecule has 2 atom stereocenters. The molecule has 24 heavy (non-hydrogen) atoms. The Hall–Kier alpha value is -2.21. The van der Waals surface area contributed by atoms with E-state index >= 15 is 0 Å². The minimum absolute atomic E-state index is 0.106. The molecule has 1 saturated heterocycles. The van der Waals surface area contributed by atoms with Crippen molar-refractivity contribution < 1.29 is 19.1 Å². The molecule has 1 N–H and O–H groups in total. The number of nitrogens with zero attached hydrogens (tertiary/aromatic N) is 1. The summed E-state index contributed by atoms with van der Waals surface area (Å²) in [5, 5.41) is 3.01. The quantitative estimate of drug-likeness (QED) is 0.855. The van der Waals surface area contributed by atoms with Crippen molar-refractivity contribution in [2.45, 2.75) is 45.4 Å². The average molecular weight is 332 g/mol. The zero-order chi connectivity index (χ0) is 17.7. The first-order valence-electron chi connectivity index (χ1n) is 8.06. The summed E-state index contributed by atoms with van der Waals surface area (Å²) in [6.45, 7) is 5.90. The highest BCUT2D eigenvalue weighted by molar-refractivity contribution is 5.96. The maximum absolute atomic E-state index is 12.8. The van der Waals surface area contributed by atoms with Crippen LogP contribution in [-0.2, 0) is 20.9 Å². The van der Waals surface area contributed by atoms with E-state index in [1.54, 1.807) is 20.8 Å². The van der Waals surface area contributed by atoms with Crippen LogP contribution in [0.2, 0.25) is 0 Å². The third-order valence-corrected chi connectivity index (χ3v) is 3.93. The van der Waals surface area contributed by atoms with Crippen LogP contribution in [0.15, 0.2) is 30.3 Å². The summed E-state index contributed by atoms with van der Waals surface area (Å²) in [5.41, 5.74) is 0.137. The Kier molecular flexibility index (Phi) is 5.72. The fourth-order valence-corrected chi connectivity index (χ4v) is 2.69. The van der Waals surface area contributed by atoms with Crippen LogP contribution in [0.5, 0.6) is 0 Å². The third kappa shape index (κ3) is 4.41. The summed E-state index contributed by atoms with van der Waals surface area (Å²) in [6, 6.07) is 8.76. The van der Waals surface area contributed by atoms with E-state index in [1.165, 1.54) is 0 Å². The molecule has 0 saturated carbocycles. The standard InChI is InChI=1S/C18H24N2O4/c1-18(2,3)20(16(22)15-9-14(11-21)10-19-15)17(23)24-12-13-7-5-4-6-8-13/h4-8,11,14-15,19H,9-10,12H2,1-3H3/t14?,15-/m0/s1. The van der Waals surface area contributed by atoms with E-state index in [2.05, 4.69) is 5.32 Å². The Morgan fingerprint density at radius 2 is 1.96 bits per heavy atom. The predicted molar refractivity (Wildman–Crippen MR) is 89.2 cm³/mol.